The van der Waals surface area contributed by atoms with Crippen LogP contribution in [0.15, 0.2) is 0 Å². The quantitative estimate of drug-likeness (QED) is 0.588. The molecule has 0 bridgehead atoms. The predicted octanol–water partition coefficient (Wildman–Crippen LogP) is -1.26. The van der Waals surface area contributed by atoms with Crippen molar-refractivity contribution >= 4 is 10.0 Å². The van der Waals surface area contributed by atoms with Crippen LogP contribution in [0.3, 0.4) is 0 Å². The van der Waals surface area contributed by atoms with Gasteiger partial charge in [-0.1, -0.05) is 0 Å². The van der Waals surface area contributed by atoms with Gasteiger partial charge in [0.15, 0.2) is 5.75 Å². The van der Waals surface area contributed by atoms with E-state index in [4.69, 9.17) is 5.26 Å². The fraction of sp³-hybridized carbons (Fsp3) is 0.833. The van der Waals surface area contributed by atoms with E-state index in [2.05, 4.69) is 5.32 Å². The van der Waals surface area contributed by atoms with Crippen molar-refractivity contribution in [3.63, 3.8) is 0 Å². The first-order chi connectivity index (χ1) is 5.67. The number of sulfonamides is 1. The van der Waals surface area contributed by atoms with E-state index in [0.29, 0.717) is 26.2 Å². The van der Waals surface area contributed by atoms with E-state index in [1.807, 2.05) is 0 Å². The number of hydrogen-bond acceptors (Lipinski definition) is 4. The molecule has 1 saturated heterocycles. The van der Waals surface area contributed by atoms with Gasteiger partial charge in [-0.15, -0.1) is 0 Å². The summed E-state index contributed by atoms with van der Waals surface area (Å²) in [6.07, 6.45) is 0. The molecule has 0 radical (unpaired) electrons. The molecule has 0 aromatic rings. The Kier molecular flexibility index (Phi) is 3.03. The Morgan fingerprint density at radius 3 is 2.50 bits per heavy atom. The molecule has 1 heterocycles. The van der Waals surface area contributed by atoms with E-state index in [-0.39, 0.29) is 0 Å². The average molecular weight is 189 g/mol. The van der Waals surface area contributed by atoms with Crippen molar-refractivity contribution in [1.29, 1.82) is 5.26 Å². The Morgan fingerprint density at radius 1 is 1.42 bits per heavy atom. The molecule has 5 nitrogen and oxygen atoms in total. The van der Waals surface area contributed by atoms with Crippen LogP contribution in [0.1, 0.15) is 0 Å². The number of rotatable bonds is 2. The first kappa shape index (κ1) is 9.45. The zero-order chi connectivity index (χ0) is 9.03. The van der Waals surface area contributed by atoms with Gasteiger partial charge in [-0.25, -0.2) is 8.42 Å². The summed E-state index contributed by atoms with van der Waals surface area (Å²) in [6, 6.07) is 1.66. The lowest BCUT2D eigenvalue weighted by Gasteiger charge is -2.25. The molecule has 0 spiro atoms. The number of nitrogens with one attached hydrogen (secondary N) is 1. The van der Waals surface area contributed by atoms with Gasteiger partial charge in [0.05, 0.1) is 6.07 Å². The van der Waals surface area contributed by atoms with Crippen molar-refractivity contribution < 1.29 is 8.42 Å². The minimum absolute atomic E-state index is 0.410. The highest BCUT2D eigenvalue weighted by Crippen LogP contribution is 2.01. The molecule has 0 saturated carbocycles. The van der Waals surface area contributed by atoms with Gasteiger partial charge in [-0.05, 0) is 0 Å². The molecule has 0 aromatic heterocycles. The highest BCUT2D eigenvalue weighted by molar-refractivity contribution is 7.89. The molecule has 0 atom stereocenters. The van der Waals surface area contributed by atoms with Crippen molar-refractivity contribution in [2.75, 3.05) is 31.9 Å². The lowest BCUT2D eigenvalue weighted by Crippen LogP contribution is -2.46. The first-order valence-corrected chi connectivity index (χ1v) is 5.33. The molecule has 0 unspecified atom stereocenters. The summed E-state index contributed by atoms with van der Waals surface area (Å²) in [4.78, 5) is 0. The summed E-state index contributed by atoms with van der Waals surface area (Å²) in [5.41, 5.74) is 0. The van der Waals surface area contributed by atoms with Crippen LogP contribution in [-0.2, 0) is 10.0 Å². The van der Waals surface area contributed by atoms with Crippen LogP contribution in [0, 0.1) is 11.3 Å². The predicted molar refractivity (Wildman–Crippen MR) is 43.8 cm³/mol. The van der Waals surface area contributed by atoms with Crippen molar-refractivity contribution in [2.24, 2.45) is 0 Å². The maximum absolute atomic E-state index is 11.3. The summed E-state index contributed by atoms with van der Waals surface area (Å²) in [5.74, 6) is -0.410. The number of nitrogens with zero attached hydrogens (tertiary/aromatic N) is 2. The normalized spacial score (nSPS) is 20.2. The second-order valence-electron chi connectivity index (χ2n) is 2.56. The first-order valence-electron chi connectivity index (χ1n) is 3.72. The molecule has 1 rings (SSSR count). The molecule has 1 N–H and O–H groups in total. The molecular weight excluding hydrogens is 178 g/mol. The van der Waals surface area contributed by atoms with Gasteiger partial charge >= 0.3 is 0 Å². The third-order valence-corrected chi connectivity index (χ3v) is 3.36. The van der Waals surface area contributed by atoms with E-state index < -0.39 is 15.8 Å². The highest BCUT2D eigenvalue weighted by atomic mass is 32.2. The van der Waals surface area contributed by atoms with E-state index in [0.717, 1.165) is 0 Å². The third kappa shape index (κ3) is 2.17. The fourth-order valence-electron chi connectivity index (χ4n) is 1.10. The van der Waals surface area contributed by atoms with Gasteiger partial charge in [-0.2, -0.15) is 9.57 Å². The van der Waals surface area contributed by atoms with Crippen LogP contribution in [-0.4, -0.2) is 44.7 Å². The van der Waals surface area contributed by atoms with Crippen LogP contribution in [0.25, 0.3) is 0 Å². The van der Waals surface area contributed by atoms with Gasteiger partial charge in [0.1, 0.15) is 0 Å². The van der Waals surface area contributed by atoms with E-state index in [1.54, 1.807) is 6.07 Å². The van der Waals surface area contributed by atoms with Crippen molar-refractivity contribution in [3.05, 3.63) is 0 Å². The summed E-state index contributed by atoms with van der Waals surface area (Å²) in [5, 5.41) is 11.3. The molecule has 0 aromatic carbocycles. The topological polar surface area (TPSA) is 73.2 Å². The highest BCUT2D eigenvalue weighted by Gasteiger charge is 2.22. The second kappa shape index (κ2) is 3.85. The van der Waals surface area contributed by atoms with E-state index in [9.17, 15) is 8.42 Å². The number of piperazine rings is 1. The Hall–Kier alpha value is -0.640. The summed E-state index contributed by atoms with van der Waals surface area (Å²) >= 11 is 0. The molecule has 0 amide bonds. The molecule has 12 heavy (non-hydrogen) atoms. The van der Waals surface area contributed by atoms with Crippen LogP contribution in [0.2, 0.25) is 0 Å². The zero-order valence-corrected chi connectivity index (χ0v) is 7.47. The van der Waals surface area contributed by atoms with Crippen molar-refractivity contribution in [2.45, 2.75) is 0 Å². The number of nitriles is 1. The minimum Gasteiger partial charge on any atom is -0.314 e. The SMILES string of the molecule is N#CCS(=O)(=O)N1CCNCC1. The lowest BCUT2D eigenvalue weighted by molar-refractivity contribution is 0.361. The fourth-order valence-corrected chi connectivity index (χ4v) is 2.18. The molecule has 1 fully saturated rings. The molecular formula is C6H11N3O2S. The van der Waals surface area contributed by atoms with Gasteiger partial charge in [0.2, 0.25) is 10.0 Å². The van der Waals surface area contributed by atoms with Gasteiger partial charge in [-0.3, -0.25) is 0 Å². The van der Waals surface area contributed by atoms with Gasteiger partial charge in [0.25, 0.3) is 0 Å². The zero-order valence-electron chi connectivity index (χ0n) is 6.65. The molecule has 68 valence electrons. The summed E-state index contributed by atoms with van der Waals surface area (Å²) in [7, 11) is -3.30. The second-order valence-corrected chi connectivity index (χ2v) is 4.53. The number of hydrogen-bond donors (Lipinski definition) is 1. The molecule has 1 aliphatic rings. The molecule has 1 aliphatic heterocycles. The van der Waals surface area contributed by atoms with Gasteiger partial charge < -0.3 is 5.32 Å². The third-order valence-electron chi connectivity index (χ3n) is 1.72. The van der Waals surface area contributed by atoms with Crippen LogP contribution in [0.5, 0.6) is 0 Å². The standard InChI is InChI=1S/C6H11N3O2S/c7-1-6-12(10,11)9-4-2-8-3-5-9/h8H,2-6H2. The smallest absolute Gasteiger partial charge is 0.227 e. The Morgan fingerprint density at radius 2 is 2.00 bits per heavy atom. The monoisotopic (exact) mass is 189 g/mol. The molecule has 6 heteroatoms. The maximum Gasteiger partial charge on any atom is 0.227 e. The van der Waals surface area contributed by atoms with Crippen LogP contribution < -0.4 is 5.32 Å². The van der Waals surface area contributed by atoms with Crippen LogP contribution in [0.4, 0.5) is 0 Å². The lowest BCUT2D eigenvalue weighted by atomic mass is 10.4. The maximum atomic E-state index is 11.3. The summed E-state index contributed by atoms with van der Waals surface area (Å²) < 4.78 is 23.9. The van der Waals surface area contributed by atoms with Crippen molar-refractivity contribution in [3.8, 4) is 6.07 Å². The largest absolute Gasteiger partial charge is 0.314 e. The van der Waals surface area contributed by atoms with Gasteiger partial charge in [0, 0.05) is 26.2 Å². The van der Waals surface area contributed by atoms with E-state index in [1.165, 1.54) is 4.31 Å². The Balaban J connectivity index is 2.62. The Bertz CT molecular complexity index is 274. The van der Waals surface area contributed by atoms with E-state index >= 15 is 0 Å². The van der Waals surface area contributed by atoms with Crippen molar-refractivity contribution in [1.82, 2.24) is 9.62 Å². The average Bonchev–Trinajstić information content (AvgIpc) is 2.06. The molecule has 0 aliphatic carbocycles. The summed E-state index contributed by atoms with van der Waals surface area (Å²) in [6.45, 7) is 2.29. The minimum atomic E-state index is -3.30. The Labute approximate surface area is 72.0 Å². The van der Waals surface area contributed by atoms with Crippen LogP contribution >= 0.6 is 0 Å².